The van der Waals surface area contributed by atoms with E-state index in [0.29, 0.717) is 12.2 Å². The molecular weight excluding hydrogens is 214 g/mol. The fourth-order valence-corrected chi connectivity index (χ4v) is 2.19. The number of benzene rings is 1. The molecule has 0 radical (unpaired) electrons. The molecule has 0 aromatic heterocycles. The first-order valence-corrected chi connectivity index (χ1v) is 6.02. The molecule has 1 aliphatic heterocycles. The Morgan fingerprint density at radius 3 is 2.65 bits per heavy atom. The summed E-state index contributed by atoms with van der Waals surface area (Å²) in [4.78, 5) is 15.8. The Morgan fingerprint density at radius 1 is 1.35 bits per heavy atom. The van der Waals surface area contributed by atoms with Gasteiger partial charge >= 0.3 is 0 Å². The lowest BCUT2D eigenvalue weighted by Crippen LogP contribution is -2.37. The summed E-state index contributed by atoms with van der Waals surface area (Å²) in [6.07, 6.45) is 2.26. The van der Waals surface area contributed by atoms with E-state index < -0.39 is 0 Å². The van der Waals surface area contributed by atoms with Crippen molar-refractivity contribution < 1.29 is 4.79 Å². The van der Waals surface area contributed by atoms with Gasteiger partial charge in [-0.05, 0) is 25.0 Å². The van der Waals surface area contributed by atoms with Crippen molar-refractivity contribution in [1.82, 2.24) is 4.90 Å². The first-order chi connectivity index (χ1) is 8.18. The number of hydrogen-bond donors (Lipinski definition) is 1. The summed E-state index contributed by atoms with van der Waals surface area (Å²) in [6, 6.07) is 7.62. The molecule has 17 heavy (non-hydrogen) atoms. The van der Waals surface area contributed by atoms with E-state index >= 15 is 0 Å². The second-order valence-corrected chi connectivity index (χ2v) is 4.50. The maximum absolute atomic E-state index is 12.0. The molecule has 0 saturated carbocycles. The molecule has 1 fully saturated rings. The molecule has 1 aromatic carbocycles. The van der Waals surface area contributed by atoms with Gasteiger partial charge in [-0.3, -0.25) is 4.79 Å². The van der Waals surface area contributed by atoms with Gasteiger partial charge in [0.05, 0.1) is 17.9 Å². The zero-order valence-corrected chi connectivity index (χ0v) is 10.2. The van der Waals surface area contributed by atoms with Crippen LogP contribution in [0.5, 0.6) is 0 Å². The molecule has 1 amide bonds. The topological polar surface area (TPSA) is 49.6 Å². The summed E-state index contributed by atoms with van der Waals surface area (Å²) in [6.45, 7) is 2.20. The number of likely N-dealkylation sites (N-methyl/N-ethyl adjacent to an activating group) is 1. The summed E-state index contributed by atoms with van der Waals surface area (Å²) in [5.41, 5.74) is 7.51. The highest BCUT2D eigenvalue weighted by molar-refractivity contribution is 5.83. The van der Waals surface area contributed by atoms with Crippen LogP contribution in [0.2, 0.25) is 0 Å². The third kappa shape index (κ3) is 2.70. The lowest BCUT2D eigenvalue weighted by molar-refractivity contribution is -0.128. The number of rotatable bonds is 3. The molecule has 1 saturated heterocycles. The Bertz CT molecular complexity index is 399. The minimum atomic E-state index is 0.188. The summed E-state index contributed by atoms with van der Waals surface area (Å²) in [5, 5.41) is 0. The minimum absolute atomic E-state index is 0.188. The van der Waals surface area contributed by atoms with Crippen molar-refractivity contribution in [2.45, 2.75) is 12.8 Å². The normalized spacial score (nSPS) is 15.0. The third-order valence-electron chi connectivity index (χ3n) is 3.18. The van der Waals surface area contributed by atoms with Gasteiger partial charge in [0.1, 0.15) is 0 Å². The number of amides is 1. The molecule has 0 spiro atoms. The fourth-order valence-electron chi connectivity index (χ4n) is 2.19. The largest absolute Gasteiger partial charge is 0.397 e. The van der Waals surface area contributed by atoms with Crippen LogP contribution in [0.3, 0.4) is 0 Å². The standard InChI is InChI=1S/C13H19N3O/c1-15(12-7-3-2-6-11(12)14)10-13(17)16-8-4-5-9-16/h2-3,6-7H,4-5,8-10,14H2,1H3. The molecule has 0 atom stereocenters. The van der Waals surface area contributed by atoms with Crippen LogP contribution in [-0.4, -0.2) is 37.5 Å². The number of para-hydroxylation sites is 2. The quantitative estimate of drug-likeness (QED) is 0.801. The van der Waals surface area contributed by atoms with Crippen molar-refractivity contribution in [3.05, 3.63) is 24.3 Å². The number of anilines is 2. The first kappa shape index (κ1) is 11.8. The van der Waals surface area contributed by atoms with Crippen molar-refractivity contribution in [1.29, 1.82) is 0 Å². The van der Waals surface area contributed by atoms with E-state index in [1.807, 2.05) is 41.1 Å². The van der Waals surface area contributed by atoms with Crippen molar-refractivity contribution in [2.75, 3.05) is 37.3 Å². The number of likely N-dealkylation sites (tertiary alicyclic amines) is 1. The lowest BCUT2D eigenvalue weighted by Gasteiger charge is -2.23. The minimum Gasteiger partial charge on any atom is -0.397 e. The second kappa shape index (κ2) is 5.08. The molecule has 0 unspecified atom stereocenters. The molecule has 0 bridgehead atoms. The zero-order valence-electron chi connectivity index (χ0n) is 10.2. The molecule has 1 heterocycles. The molecule has 2 rings (SSSR count). The van der Waals surface area contributed by atoms with Gasteiger partial charge in [-0.25, -0.2) is 0 Å². The van der Waals surface area contributed by atoms with Crippen molar-refractivity contribution in [3.63, 3.8) is 0 Å². The average molecular weight is 233 g/mol. The van der Waals surface area contributed by atoms with E-state index in [1.165, 1.54) is 0 Å². The van der Waals surface area contributed by atoms with E-state index in [9.17, 15) is 4.79 Å². The SMILES string of the molecule is CN(CC(=O)N1CCCC1)c1ccccc1N. The highest BCUT2D eigenvalue weighted by atomic mass is 16.2. The molecule has 4 heteroatoms. The van der Waals surface area contributed by atoms with Gasteiger partial charge in [0.25, 0.3) is 0 Å². The van der Waals surface area contributed by atoms with Gasteiger partial charge in [0.2, 0.25) is 5.91 Å². The molecule has 1 aliphatic rings. The van der Waals surface area contributed by atoms with Crippen LogP contribution >= 0.6 is 0 Å². The Balaban J connectivity index is 1.99. The third-order valence-corrected chi connectivity index (χ3v) is 3.18. The van der Waals surface area contributed by atoms with Crippen LogP contribution in [0.15, 0.2) is 24.3 Å². The summed E-state index contributed by atoms with van der Waals surface area (Å²) in [7, 11) is 1.90. The monoisotopic (exact) mass is 233 g/mol. The highest BCUT2D eigenvalue weighted by Gasteiger charge is 2.19. The maximum atomic E-state index is 12.0. The summed E-state index contributed by atoms with van der Waals surface area (Å²) >= 11 is 0. The number of nitrogens with zero attached hydrogens (tertiary/aromatic N) is 2. The zero-order chi connectivity index (χ0) is 12.3. The van der Waals surface area contributed by atoms with Gasteiger partial charge in [-0.15, -0.1) is 0 Å². The molecule has 2 N–H and O–H groups in total. The second-order valence-electron chi connectivity index (χ2n) is 4.50. The van der Waals surface area contributed by atoms with Gasteiger partial charge in [0, 0.05) is 20.1 Å². The number of nitrogen functional groups attached to an aromatic ring is 1. The predicted octanol–water partition coefficient (Wildman–Crippen LogP) is 1.33. The van der Waals surface area contributed by atoms with Crippen LogP contribution in [-0.2, 0) is 4.79 Å². The number of nitrogens with two attached hydrogens (primary N) is 1. The van der Waals surface area contributed by atoms with Gasteiger partial charge in [-0.2, -0.15) is 0 Å². The fraction of sp³-hybridized carbons (Fsp3) is 0.462. The van der Waals surface area contributed by atoms with Crippen molar-refractivity contribution >= 4 is 17.3 Å². The molecule has 4 nitrogen and oxygen atoms in total. The smallest absolute Gasteiger partial charge is 0.242 e. The Morgan fingerprint density at radius 2 is 2.00 bits per heavy atom. The lowest BCUT2D eigenvalue weighted by atomic mass is 10.2. The van der Waals surface area contributed by atoms with Crippen LogP contribution in [0.4, 0.5) is 11.4 Å². The van der Waals surface area contributed by atoms with Gasteiger partial charge in [-0.1, -0.05) is 12.1 Å². The Kier molecular flexibility index (Phi) is 3.52. The van der Waals surface area contributed by atoms with Crippen LogP contribution in [0, 0.1) is 0 Å². The van der Waals surface area contributed by atoms with E-state index in [1.54, 1.807) is 0 Å². The van der Waals surface area contributed by atoms with Crippen LogP contribution in [0.1, 0.15) is 12.8 Å². The number of hydrogen-bond acceptors (Lipinski definition) is 3. The first-order valence-electron chi connectivity index (χ1n) is 6.02. The van der Waals surface area contributed by atoms with Gasteiger partial charge in [0.15, 0.2) is 0 Å². The number of carbonyl (C=O) groups excluding carboxylic acids is 1. The van der Waals surface area contributed by atoms with Crippen molar-refractivity contribution in [3.8, 4) is 0 Å². The van der Waals surface area contributed by atoms with Crippen LogP contribution < -0.4 is 10.6 Å². The predicted molar refractivity (Wildman–Crippen MR) is 69.9 cm³/mol. The highest BCUT2D eigenvalue weighted by Crippen LogP contribution is 2.21. The maximum Gasteiger partial charge on any atom is 0.242 e. The molecule has 1 aromatic rings. The van der Waals surface area contributed by atoms with Crippen LogP contribution in [0.25, 0.3) is 0 Å². The van der Waals surface area contributed by atoms with E-state index in [4.69, 9.17) is 5.73 Å². The van der Waals surface area contributed by atoms with E-state index in [-0.39, 0.29) is 5.91 Å². The number of carbonyl (C=O) groups is 1. The summed E-state index contributed by atoms with van der Waals surface area (Å²) in [5.74, 6) is 0.188. The van der Waals surface area contributed by atoms with E-state index in [2.05, 4.69) is 0 Å². The van der Waals surface area contributed by atoms with Crippen molar-refractivity contribution in [2.24, 2.45) is 0 Å². The molecular formula is C13H19N3O. The molecule has 0 aliphatic carbocycles. The van der Waals surface area contributed by atoms with Gasteiger partial charge < -0.3 is 15.5 Å². The van der Waals surface area contributed by atoms with E-state index in [0.717, 1.165) is 31.6 Å². The summed E-state index contributed by atoms with van der Waals surface area (Å²) < 4.78 is 0. The Labute approximate surface area is 102 Å². The molecule has 92 valence electrons. The average Bonchev–Trinajstić information content (AvgIpc) is 2.82. The Hall–Kier alpha value is -1.71.